The molecule has 3 nitrogen and oxygen atoms in total. The first-order valence-corrected chi connectivity index (χ1v) is 3.18. The number of allylic oxidation sites excluding steroid dienone is 1. The predicted molar refractivity (Wildman–Crippen MR) is 34.6 cm³/mol. The third-order valence-corrected chi connectivity index (χ3v) is 1.53. The van der Waals surface area contributed by atoms with Gasteiger partial charge in [-0.1, -0.05) is 6.08 Å². The van der Waals surface area contributed by atoms with E-state index in [1.807, 2.05) is 0 Å². The Kier molecular flexibility index (Phi) is 1.85. The zero-order chi connectivity index (χ0) is 7.56. The van der Waals surface area contributed by atoms with E-state index in [9.17, 15) is 9.59 Å². The minimum atomic E-state index is -1.34. The second-order valence-electron chi connectivity index (χ2n) is 2.26. The Morgan fingerprint density at radius 3 is 2.60 bits per heavy atom. The Balaban J connectivity index is 2.65. The van der Waals surface area contributed by atoms with Crippen LogP contribution >= 0.6 is 0 Å². The fourth-order valence-corrected chi connectivity index (χ4v) is 1.01. The molecule has 0 saturated heterocycles. The molecule has 3 heteroatoms. The molecule has 0 radical (unpaired) electrons. The van der Waals surface area contributed by atoms with Crippen molar-refractivity contribution in [3.63, 3.8) is 0 Å². The van der Waals surface area contributed by atoms with Gasteiger partial charge in [0.2, 0.25) is 0 Å². The van der Waals surface area contributed by atoms with Gasteiger partial charge in [-0.05, 0) is 19.3 Å². The number of Topliss-reactive ketones (excluding diaryl/α,β-unsaturated/α-hetero) is 1. The molecule has 0 spiro atoms. The molecule has 0 atom stereocenters. The molecule has 0 aliphatic heterocycles. The number of hydrogen-bond donors (Lipinski definition) is 1. The molecule has 1 N–H and O–H groups in total. The Bertz CT molecular complexity index is 203. The summed E-state index contributed by atoms with van der Waals surface area (Å²) in [7, 11) is 0. The highest BCUT2D eigenvalue weighted by atomic mass is 16.4. The molecule has 0 fully saturated rings. The summed E-state index contributed by atoms with van der Waals surface area (Å²) in [5.74, 6) is -2.08. The molecular weight excluding hydrogens is 132 g/mol. The standard InChI is InChI=1S/C7H8O3/c8-6(7(9)10)5-3-1-2-4-5/h3H,1-2,4H2,(H,9,10). The van der Waals surface area contributed by atoms with E-state index in [4.69, 9.17) is 5.11 Å². The van der Waals surface area contributed by atoms with E-state index >= 15 is 0 Å². The van der Waals surface area contributed by atoms with Crippen molar-refractivity contribution in [2.75, 3.05) is 0 Å². The van der Waals surface area contributed by atoms with Gasteiger partial charge < -0.3 is 5.11 Å². The van der Waals surface area contributed by atoms with Gasteiger partial charge in [0.05, 0.1) is 0 Å². The van der Waals surface area contributed by atoms with Gasteiger partial charge in [-0.3, -0.25) is 4.79 Å². The Morgan fingerprint density at radius 1 is 1.50 bits per heavy atom. The normalized spacial score (nSPS) is 16.6. The van der Waals surface area contributed by atoms with E-state index in [1.54, 1.807) is 6.08 Å². The lowest BCUT2D eigenvalue weighted by Gasteiger charge is -1.91. The Morgan fingerprint density at radius 2 is 2.20 bits per heavy atom. The van der Waals surface area contributed by atoms with E-state index in [1.165, 1.54) is 0 Å². The number of ketones is 1. The summed E-state index contributed by atoms with van der Waals surface area (Å²) < 4.78 is 0. The van der Waals surface area contributed by atoms with Crippen LogP contribution in [-0.2, 0) is 9.59 Å². The van der Waals surface area contributed by atoms with Crippen molar-refractivity contribution in [3.8, 4) is 0 Å². The van der Waals surface area contributed by atoms with Crippen LogP contribution in [0.1, 0.15) is 19.3 Å². The summed E-state index contributed by atoms with van der Waals surface area (Å²) in [6.45, 7) is 0. The highest BCUT2D eigenvalue weighted by Crippen LogP contribution is 2.17. The van der Waals surface area contributed by atoms with Crippen LogP contribution in [0.15, 0.2) is 11.6 Å². The average Bonchev–Trinajstić information content (AvgIpc) is 2.36. The van der Waals surface area contributed by atoms with Crippen molar-refractivity contribution in [2.24, 2.45) is 0 Å². The van der Waals surface area contributed by atoms with Crippen LogP contribution < -0.4 is 0 Å². The molecule has 1 aliphatic rings. The first-order valence-electron chi connectivity index (χ1n) is 3.18. The summed E-state index contributed by atoms with van der Waals surface area (Å²) >= 11 is 0. The predicted octanol–water partition coefficient (Wildman–Crippen LogP) is 0.750. The van der Waals surface area contributed by atoms with Crippen LogP contribution in [-0.4, -0.2) is 16.9 Å². The maximum absolute atomic E-state index is 10.7. The molecular formula is C7H8O3. The van der Waals surface area contributed by atoms with Gasteiger partial charge in [-0.2, -0.15) is 0 Å². The number of aliphatic carboxylic acids is 1. The van der Waals surface area contributed by atoms with Crippen LogP contribution in [0, 0.1) is 0 Å². The summed E-state index contributed by atoms with van der Waals surface area (Å²) in [4.78, 5) is 20.8. The van der Waals surface area contributed by atoms with E-state index in [0.717, 1.165) is 12.8 Å². The molecule has 1 aliphatic carbocycles. The number of rotatable bonds is 2. The van der Waals surface area contributed by atoms with E-state index in [0.29, 0.717) is 12.0 Å². The van der Waals surface area contributed by atoms with Crippen molar-refractivity contribution in [2.45, 2.75) is 19.3 Å². The third kappa shape index (κ3) is 1.23. The van der Waals surface area contributed by atoms with E-state index < -0.39 is 11.8 Å². The minimum absolute atomic E-state index is 0.465. The topological polar surface area (TPSA) is 54.4 Å². The van der Waals surface area contributed by atoms with Crippen molar-refractivity contribution >= 4 is 11.8 Å². The van der Waals surface area contributed by atoms with Gasteiger partial charge >= 0.3 is 5.97 Å². The zero-order valence-corrected chi connectivity index (χ0v) is 5.46. The summed E-state index contributed by atoms with van der Waals surface area (Å²) in [6, 6.07) is 0. The van der Waals surface area contributed by atoms with Crippen molar-refractivity contribution in [1.29, 1.82) is 0 Å². The van der Waals surface area contributed by atoms with Crippen LogP contribution in [0.25, 0.3) is 0 Å². The van der Waals surface area contributed by atoms with Crippen molar-refractivity contribution in [1.82, 2.24) is 0 Å². The van der Waals surface area contributed by atoms with Gasteiger partial charge in [-0.25, -0.2) is 4.79 Å². The number of hydrogen-bond acceptors (Lipinski definition) is 2. The quantitative estimate of drug-likeness (QED) is 0.576. The lowest BCUT2D eigenvalue weighted by Crippen LogP contribution is -2.13. The Hall–Kier alpha value is -1.12. The molecule has 0 bridgehead atoms. The molecule has 0 aromatic rings. The Labute approximate surface area is 58.4 Å². The van der Waals surface area contributed by atoms with Crippen molar-refractivity contribution in [3.05, 3.63) is 11.6 Å². The molecule has 0 saturated carbocycles. The molecule has 1 rings (SSSR count). The summed E-state index contributed by atoms with van der Waals surface area (Å²) in [5, 5.41) is 8.25. The molecule has 0 unspecified atom stereocenters. The maximum Gasteiger partial charge on any atom is 0.376 e. The van der Waals surface area contributed by atoms with Gasteiger partial charge in [0, 0.05) is 5.57 Å². The molecule has 0 amide bonds. The first-order chi connectivity index (χ1) is 4.72. The number of carboxylic acids is 1. The zero-order valence-electron chi connectivity index (χ0n) is 5.46. The second kappa shape index (κ2) is 2.64. The monoisotopic (exact) mass is 140 g/mol. The SMILES string of the molecule is O=C(O)C(=O)C1=CCCC1. The average molecular weight is 140 g/mol. The number of carbonyl (C=O) groups is 2. The van der Waals surface area contributed by atoms with Crippen LogP contribution in [0.3, 0.4) is 0 Å². The van der Waals surface area contributed by atoms with E-state index in [2.05, 4.69) is 0 Å². The van der Waals surface area contributed by atoms with Gasteiger partial charge in [0.15, 0.2) is 0 Å². The third-order valence-electron chi connectivity index (χ3n) is 1.53. The molecule has 10 heavy (non-hydrogen) atoms. The molecule has 54 valence electrons. The smallest absolute Gasteiger partial charge is 0.376 e. The lowest BCUT2D eigenvalue weighted by atomic mass is 10.1. The van der Waals surface area contributed by atoms with Crippen LogP contribution in [0.4, 0.5) is 0 Å². The highest BCUT2D eigenvalue weighted by Gasteiger charge is 2.19. The number of carboxylic acid groups (broad SMARTS) is 1. The van der Waals surface area contributed by atoms with Gasteiger partial charge in [0.25, 0.3) is 5.78 Å². The minimum Gasteiger partial charge on any atom is -0.475 e. The summed E-state index contributed by atoms with van der Waals surface area (Å²) in [6.07, 6.45) is 4.09. The van der Waals surface area contributed by atoms with Gasteiger partial charge in [0.1, 0.15) is 0 Å². The summed E-state index contributed by atoms with van der Waals surface area (Å²) in [5.41, 5.74) is 0.465. The molecule has 0 aromatic heterocycles. The molecule has 0 aromatic carbocycles. The largest absolute Gasteiger partial charge is 0.475 e. The van der Waals surface area contributed by atoms with E-state index in [-0.39, 0.29) is 0 Å². The van der Waals surface area contributed by atoms with Gasteiger partial charge in [-0.15, -0.1) is 0 Å². The fourth-order valence-electron chi connectivity index (χ4n) is 1.01. The van der Waals surface area contributed by atoms with Crippen molar-refractivity contribution < 1.29 is 14.7 Å². The first kappa shape index (κ1) is 6.99. The number of carbonyl (C=O) groups excluding carboxylic acids is 1. The van der Waals surface area contributed by atoms with Crippen LogP contribution in [0.5, 0.6) is 0 Å². The second-order valence-corrected chi connectivity index (χ2v) is 2.26. The lowest BCUT2D eigenvalue weighted by molar-refractivity contribution is -0.147. The molecule has 0 heterocycles. The maximum atomic E-state index is 10.7. The fraction of sp³-hybridized carbons (Fsp3) is 0.429. The highest BCUT2D eigenvalue weighted by molar-refractivity contribution is 6.39. The van der Waals surface area contributed by atoms with Crippen LogP contribution in [0.2, 0.25) is 0 Å².